The van der Waals surface area contributed by atoms with Crippen LogP contribution in [0.5, 0.6) is 0 Å². The molecule has 0 atom stereocenters. The molecule has 0 radical (unpaired) electrons. The van der Waals surface area contributed by atoms with Gasteiger partial charge in [0.2, 0.25) is 0 Å². The maximum absolute atomic E-state index is 5.53. The van der Waals surface area contributed by atoms with E-state index in [1.165, 1.54) is 0 Å². The summed E-state index contributed by atoms with van der Waals surface area (Å²) in [6, 6.07) is 7.90. The molecule has 3 N–H and O–H groups in total. The number of rotatable bonds is 3. The van der Waals surface area contributed by atoms with E-state index in [4.69, 9.17) is 10.3 Å². The molecule has 1 aromatic carbocycles. The molecule has 2 rings (SSSR count). The highest BCUT2D eigenvalue weighted by atomic mass is 16.5. The van der Waals surface area contributed by atoms with E-state index in [2.05, 4.69) is 10.5 Å². The number of anilines is 2. The van der Waals surface area contributed by atoms with E-state index in [1.807, 2.05) is 24.3 Å². The van der Waals surface area contributed by atoms with Gasteiger partial charge in [-0.05, 0) is 17.7 Å². The van der Waals surface area contributed by atoms with E-state index >= 15 is 0 Å². The van der Waals surface area contributed by atoms with Crippen molar-refractivity contribution in [2.24, 2.45) is 5.73 Å². The van der Waals surface area contributed by atoms with Crippen LogP contribution < -0.4 is 11.1 Å². The second-order valence-corrected chi connectivity index (χ2v) is 2.94. The summed E-state index contributed by atoms with van der Waals surface area (Å²) in [5, 5.41) is 6.75. The zero-order valence-electron chi connectivity index (χ0n) is 7.60. The molecule has 0 saturated heterocycles. The van der Waals surface area contributed by atoms with Crippen molar-refractivity contribution >= 4 is 11.4 Å². The molecule has 0 unspecified atom stereocenters. The summed E-state index contributed by atoms with van der Waals surface area (Å²) in [6.45, 7) is 0.541. The van der Waals surface area contributed by atoms with Crippen molar-refractivity contribution in [1.82, 2.24) is 5.16 Å². The van der Waals surface area contributed by atoms with E-state index in [0.29, 0.717) is 6.54 Å². The van der Waals surface area contributed by atoms with E-state index in [9.17, 15) is 0 Å². The van der Waals surface area contributed by atoms with E-state index in [1.54, 1.807) is 12.5 Å². The highest BCUT2D eigenvalue weighted by Crippen LogP contribution is 2.16. The Morgan fingerprint density at radius 2 is 2.29 bits per heavy atom. The maximum Gasteiger partial charge on any atom is 0.147 e. The van der Waals surface area contributed by atoms with Gasteiger partial charge in [0.15, 0.2) is 0 Å². The average Bonchev–Trinajstić information content (AvgIpc) is 2.71. The van der Waals surface area contributed by atoms with Crippen LogP contribution in [0.25, 0.3) is 0 Å². The van der Waals surface area contributed by atoms with Crippen LogP contribution >= 0.6 is 0 Å². The molecule has 14 heavy (non-hydrogen) atoms. The smallest absolute Gasteiger partial charge is 0.147 e. The lowest BCUT2D eigenvalue weighted by Crippen LogP contribution is -1.97. The topological polar surface area (TPSA) is 64.1 Å². The lowest BCUT2D eigenvalue weighted by atomic mass is 10.2. The Hall–Kier alpha value is -1.81. The number of hydrogen-bond acceptors (Lipinski definition) is 4. The second kappa shape index (κ2) is 3.93. The number of hydrogen-bond donors (Lipinski definition) is 2. The van der Waals surface area contributed by atoms with Gasteiger partial charge in [0.25, 0.3) is 0 Å². The van der Waals surface area contributed by atoms with Crippen molar-refractivity contribution < 1.29 is 4.52 Å². The monoisotopic (exact) mass is 189 g/mol. The first kappa shape index (κ1) is 8.77. The number of aromatic nitrogens is 1. The Morgan fingerprint density at radius 3 is 3.00 bits per heavy atom. The van der Waals surface area contributed by atoms with Crippen molar-refractivity contribution in [2.45, 2.75) is 6.54 Å². The summed E-state index contributed by atoms with van der Waals surface area (Å²) in [7, 11) is 0. The van der Waals surface area contributed by atoms with Crippen LogP contribution in [0.2, 0.25) is 0 Å². The van der Waals surface area contributed by atoms with Gasteiger partial charge < -0.3 is 15.6 Å². The molecular formula is C10H11N3O. The average molecular weight is 189 g/mol. The van der Waals surface area contributed by atoms with Gasteiger partial charge >= 0.3 is 0 Å². The predicted octanol–water partition coefficient (Wildman–Crippen LogP) is 1.88. The minimum atomic E-state index is 0.541. The highest BCUT2D eigenvalue weighted by molar-refractivity contribution is 5.58. The molecule has 0 bridgehead atoms. The number of nitrogens with two attached hydrogens (primary N) is 1. The van der Waals surface area contributed by atoms with Crippen LogP contribution in [0.15, 0.2) is 41.2 Å². The van der Waals surface area contributed by atoms with Gasteiger partial charge in [-0.1, -0.05) is 17.3 Å². The first-order valence-electron chi connectivity index (χ1n) is 4.34. The fraction of sp³-hybridized carbons (Fsp3) is 0.100. The molecule has 4 nitrogen and oxygen atoms in total. The number of nitrogens with zero attached hydrogens (tertiary/aromatic N) is 1. The van der Waals surface area contributed by atoms with Crippen molar-refractivity contribution in [2.75, 3.05) is 5.32 Å². The summed E-state index contributed by atoms with van der Waals surface area (Å²) >= 11 is 0. The molecule has 0 aliphatic heterocycles. The summed E-state index contributed by atoms with van der Waals surface area (Å²) in [5.41, 5.74) is 8.44. The molecular weight excluding hydrogens is 178 g/mol. The van der Waals surface area contributed by atoms with Gasteiger partial charge in [-0.25, -0.2) is 0 Å². The van der Waals surface area contributed by atoms with Gasteiger partial charge in [-0.2, -0.15) is 0 Å². The van der Waals surface area contributed by atoms with Crippen LogP contribution in [-0.4, -0.2) is 5.16 Å². The van der Waals surface area contributed by atoms with Gasteiger partial charge in [-0.15, -0.1) is 0 Å². The molecule has 0 fully saturated rings. The minimum absolute atomic E-state index is 0.541. The standard InChI is InChI=1S/C10H11N3O/c11-5-8-2-1-3-9(4-8)13-10-6-12-14-7-10/h1-4,6-7,13H,5,11H2. The van der Waals surface area contributed by atoms with Gasteiger partial charge in [-0.3, -0.25) is 0 Å². The maximum atomic E-state index is 5.53. The molecule has 0 aliphatic rings. The molecule has 2 aromatic rings. The van der Waals surface area contributed by atoms with E-state index in [-0.39, 0.29) is 0 Å². The Kier molecular flexibility index (Phi) is 2.46. The summed E-state index contributed by atoms with van der Waals surface area (Å²) in [6.07, 6.45) is 3.17. The zero-order valence-corrected chi connectivity index (χ0v) is 7.60. The molecule has 72 valence electrons. The number of nitrogens with one attached hydrogen (secondary N) is 1. The lowest BCUT2D eigenvalue weighted by molar-refractivity contribution is 0.420. The van der Waals surface area contributed by atoms with Crippen molar-refractivity contribution in [3.63, 3.8) is 0 Å². The Labute approximate surface area is 81.7 Å². The highest BCUT2D eigenvalue weighted by Gasteiger charge is 1.97. The first-order chi connectivity index (χ1) is 6.88. The van der Waals surface area contributed by atoms with Crippen LogP contribution in [0, 0.1) is 0 Å². The van der Waals surface area contributed by atoms with E-state index < -0.39 is 0 Å². The third kappa shape index (κ3) is 1.92. The van der Waals surface area contributed by atoms with Crippen molar-refractivity contribution in [3.05, 3.63) is 42.3 Å². The Bertz CT molecular complexity index is 398. The van der Waals surface area contributed by atoms with Crippen LogP contribution in [0.3, 0.4) is 0 Å². The van der Waals surface area contributed by atoms with Gasteiger partial charge in [0.05, 0.1) is 11.9 Å². The van der Waals surface area contributed by atoms with Crippen LogP contribution in [0.4, 0.5) is 11.4 Å². The molecule has 0 amide bonds. The van der Waals surface area contributed by atoms with Crippen LogP contribution in [-0.2, 0) is 6.54 Å². The fourth-order valence-electron chi connectivity index (χ4n) is 1.21. The molecule has 1 aromatic heterocycles. The molecule has 0 spiro atoms. The van der Waals surface area contributed by atoms with E-state index in [0.717, 1.165) is 16.9 Å². The largest absolute Gasteiger partial charge is 0.363 e. The predicted molar refractivity (Wildman–Crippen MR) is 54.1 cm³/mol. The molecule has 4 heteroatoms. The van der Waals surface area contributed by atoms with Gasteiger partial charge in [0.1, 0.15) is 6.26 Å². The SMILES string of the molecule is NCc1cccc(Nc2cnoc2)c1. The zero-order chi connectivity index (χ0) is 9.80. The van der Waals surface area contributed by atoms with Crippen molar-refractivity contribution in [3.8, 4) is 0 Å². The van der Waals surface area contributed by atoms with Crippen molar-refractivity contribution in [1.29, 1.82) is 0 Å². The molecule has 1 heterocycles. The lowest BCUT2D eigenvalue weighted by Gasteiger charge is -2.03. The summed E-state index contributed by atoms with van der Waals surface area (Å²) in [4.78, 5) is 0. The minimum Gasteiger partial charge on any atom is -0.363 e. The second-order valence-electron chi connectivity index (χ2n) is 2.94. The van der Waals surface area contributed by atoms with Crippen LogP contribution in [0.1, 0.15) is 5.56 Å². The first-order valence-corrected chi connectivity index (χ1v) is 4.34. The Morgan fingerprint density at radius 1 is 1.36 bits per heavy atom. The summed E-state index contributed by atoms with van der Waals surface area (Å²) in [5.74, 6) is 0. The fourth-order valence-corrected chi connectivity index (χ4v) is 1.21. The third-order valence-electron chi connectivity index (χ3n) is 1.88. The Balaban J connectivity index is 2.17. The summed E-state index contributed by atoms with van der Waals surface area (Å²) < 4.78 is 4.71. The normalized spacial score (nSPS) is 10.1. The molecule has 0 saturated carbocycles. The number of benzene rings is 1. The van der Waals surface area contributed by atoms with Gasteiger partial charge in [0, 0.05) is 12.2 Å². The third-order valence-corrected chi connectivity index (χ3v) is 1.88. The molecule has 0 aliphatic carbocycles. The quantitative estimate of drug-likeness (QED) is 0.773.